The molecule has 2 aromatic heterocycles. The predicted octanol–water partition coefficient (Wildman–Crippen LogP) is 4.53. The first-order chi connectivity index (χ1) is 11.2. The number of anilines is 3. The fraction of sp³-hybridized carbons (Fsp3) is 0.0625. The van der Waals surface area contributed by atoms with Crippen molar-refractivity contribution in [2.24, 2.45) is 0 Å². The van der Waals surface area contributed by atoms with Crippen molar-refractivity contribution in [3.8, 4) is 0 Å². The second-order valence-electron chi connectivity index (χ2n) is 4.73. The Balaban J connectivity index is 1.71. The van der Waals surface area contributed by atoms with E-state index in [-0.39, 0.29) is 0 Å². The molecule has 3 aromatic rings. The molecule has 0 amide bonds. The Morgan fingerprint density at radius 3 is 2.78 bits per heavy atom. The highest BCUT2D eigenvalue weighted by atomic mass is 35.5. The molecular formula is C16H13Cl2N5. The zero-order valence-corrected chi connectivity index (χ0v) is 13.5. The third-order valence-electron chi connectivity index (χ3n) is 3.02. The molecule has 0 radical (unpaired) electrons. The van der Waals surface area contributed by atoms with E-state index in [1.165, 1.54) is 0 Å². The Kier molecular flexibility index (Phi) is 4.90. The molecule has 3 rings (SSSR count). The SMILES string of the molecule is Clc1ccc(Cl)c(Nc2ccnc(NCc3cccnc3)n2)c1. The molecule has 0 aliphatic rings. The molecule has 0 unspecified atom stereocenters. The molecule has 0 saturated carbocycles. The highest BCUT2D eigenvalue weighted by Gasteiger charge is 2.04. The molecule has 0 saturated heterocycles. The van der Waals surface area contributed by atoms with Crippen LogP contribution in [0.3, 0.4) is 0 Å². The van der Waals surface area contributed by atoms with E-state index < -0.39 is 0 Å². The van der Waals surface area contributed by atoms with Crippen LogP contribution in [0.5, 0.6) is 0 Å². The van der Waals surface area contributed by atoms with Gasteiger partial charge in [-0.1, -0.05) is 29.3 Å². The van der Waals surface area contributed by atoms with E-state index in [9.17, 15) is 0 Å². The summed E-state index contributed by atoms with van der Waals surface area (Å²) in [4.78, 5) is 12.7. The van der Waals surface area contributed by atoms with Crippen molar-refractivity contribution in [3.05, 3.63) is 70.6 Å². The van der Waals surface area contributed by atoms with Gasteiger partial charge in [0.1, 0.15) is 5.82 Å². The number of rotatable bonds is 5. The van der Waals surface area contributed by atoms with Crippen LogP contribution in [0, 0.1) is 0 Å². The standard InChI is InChI=1S/C16H13Cl2N5/c17-12-3-4-13(18)14(8-12)22-15-5-7-20-16(23-15)21-10-11-2-1-6-19-9-11/h1-9H,10H2,(H2,20,21,22,23). The normalized spacial score (nSPS) is 10.3. The highest BCUT2D eigenvalue weighted by Crippen LogP contribution is 2.27. The third-order valence-corrected chi connectivity index (χ3v) is 3.58. The number of pyridine rings is 1. The second-order valence-corrected chi connectivity index (χ2v) is 5.57. The van der Waals surface area contributed by atoms with Gasteiger partial charge in [0, 0.05) is 30.2 Å². The molecule has 23 heavy (non-hydrogen) atoms. The topological polar surface area (TPSA) is 62.7 Å². The summed E-state index contributed by atoms with van der Waals surface area (Å²) in [5.74, 6) is 1.13. The molecule has 2 N–H and O–H groups in total. The average Bonchev–Trinajstić information content (AvgIpc) is 2.58. The fourth-order valence-corrected chi connectivity index (χ4v) is 2.27. The molecule has 0 fully saturated rings. The monoisotopic (exact) mass is 345 g/mol. The van der Waals surface area contributed by atoms with E-state index in [4.69, 9.17) is 23.2 Å². The first-order valence-electron chi connectivity index (χ1n) is 6.88. The summed E-state index contributed by atoms with van der Waals surface area (Å²) in [7, 11) is 0. The van der Waals surface area contributed by atoms with Crippen molar-refractivity contribution in [3.63, 3.8) is 0 Å². The minimum absolute atomic E-state index is 0.511. The van der Waals surface area contributed by atoms with Gasteiger partial charge in [0.2, 0.25) is 5.95 Å². The lowest BCUT2D eigenvalue weighted by atomic mass is 10.3. The van der Waals surface area contributed by atoms with Gasteiger partial charge in [0.05, 0.1) is 10.7 Å². The van der Waals surface area contributed by atoms with Crippen molar-refractivity contribution >= 4 is 40.7 Å². The Morgan fingerprint density at radius 2 is 1.96 bits per heavy atom. The van der Waals surface area contributed by atoms with Crippen LogP contribution in [0.4, 0.5) is 17.5 Å². The largest absolute Gasteiger partial charge is 0.350 e. The van der Waals surface area contributed by atoms with Crippen molar-refractivity contribution < 1.29 is 0 Å². The van der Waals surface area contributed by atoms with Gasteiger partial charge in [-0.15, -0.1) is 0 Å². The smallest absolute Gasteiger partial charge is 0.224 e. The maximum absolute atomic E-state index is 6.14. The second kappa shape index (κ2) is 7.26. The van der Waals surface area contributed by atoms with E-state index >= 15 is 0 Å². The highest BCUT2D eigenvalue weighted by molar-refractivity contribution is 6.35. The van der Waals surface area contributed by atoms with E-state index in [1.54, 1.807) is 42.9 Å². The van der Waals surface area contributed by atoms with Gasteiger partial charge >= 0.3 is 0 Å². The summed E-state index contributed by atoms with van der Waals surface area (Å²) in [6, 6.07) is 10.8. The molecule has 5 nitrogen and oxygen atoms in total. The van der Waals surface area contributed by atoms with Crippen LogP contribution in [-0.4, -0.2) is 15.0 Å². The van der Waals surface area contributed by atoms with Crippen LogP contribution < -0.4 is 10.6 Å². The maximum Gasteiger partial charge on any atom is 0.224 e. The number of hydrogen-bond donors (Lipinski definition) is 2. The minimum atomic E-state index is 0.511. The average molecular weight is 346 g/mol. The molecule has 0 bridgehead atoms. The van der Waals surface area contributed by atoms with Gasteiger partial charge in [-0.05, 0) is 35.9 Å². The van der Waals surface area contributed by atoms with Crippen LogP contribution in [0.2, 0.25) is 10.0 Å². The summed E-state index contributed by atoms with van der Waals surface area (Å²) in [6.07, 6.45) is 5.19. The molecule has 2 heterocycles. The van der Waals surface area contributed by atoms with Crippen molar-refractivity contribution in [1.82, 2.24) is 15.0 Å². The summed E-state index contributed by atoms with van der Waals surface area (Å²) < 4.78 is 0. The maximum atomic E-state index is 6.14. The van der Waals surface area contributed by atoms with E-state index in [2.05, 4.69) is 25.6 Å². The third kappa shape index (κ3) is 4.31. The molecule has 7 heteroatoms. The summed E-state index contributed by atoms with van der Waals surface area (Å²) >= 11 is 12.1. The lowest BCUT2D eigenvalue weighted by molar-refractivity contribution is 1.04. The number of aromatic nitrogens is 3. The predicted molar refractivity (Wildman–Crippen MR) is 93.3 cm³/mol. The first-order valence-corrected chi connectivity index (χ1v) is 7.64. The van der Waals surface area contributed by atoms with Crippen LogP contribution in [-0.2, 0) is 6.54 Å². The minimum Gasteiger partial charge on any atom is -0.350 e. The fourth-order valence-electron chi connectivity index (χ4n) is 1.93. The van der Waals surface area contributed by atoms with Crippen LogP contribution >= 0.6 is 23.2 Å². The lowest BCUT2D eigenvalue weighted by Gasteiger charge is -2.10. The van der Waals surface area contributed by atoms with Gasteiger partial charge in [-0.25, -0.2) is 4.98 Å². The van der Waals surface area contributed by atoms with Crippen molar-refractivity contribution in [1.29, 1.82) is 0 Å². The van der Waals surface area contributed by atoms with Gasteiger partial charge < -0.3 is 10.6 Å². The zero-order chi connectivity index (χ0) is 16.1. The molecule has 0 aliphatic carbocycles. The Labute approximate surface area is 143 Å². The van der Waals surface area contributed by atoms with Crippen LogP contribution in [0.15, 0.2) is 55.0 Å². The molecule has 116 valence electrons. The van der Waals surface area contributed by atoms with Gasteiger partial charge in [0.15, 0.2) is 0 Å². The van der Waals surface area contributed by atoms with E-state index in [0.29, 0.717) is 34.0 Å². The Hall–Kier alpha value is -2.37. The van der Waals surface area contributed by atoms with Gasteiger partial charge in [-0.2, -0.15) is 4.98 Å². The molecule has 0 spiro atoms. The number of halogens is 2. The summed E-state index contributed by atoms with van der Waals surface area (Å²) in [5.41, 5.74) is 1.74. The number of hydrogen-bond acceptors (Lipinski definition) is 5. The molecule has 0 atom stereocenters. The van der Waals surface area contributed by atoms with Crippen molar-refractivity contribution in [2.75, 3.05) is 10.6 Å². The summed E-state index contributed by atoms with van der Waals surface area (Å²) in [6.45, 7) is 0.592. The van der Waals surface area contributed by atoms with Crippen LogP contribution in [0.1, 0.15) is 5.56 Å². The molecule has 1 aromatic carbocycles. The van der Waals surface area contributed by atoms with Crippen molar-refractivity contribution in [2.45, 2.75) is 6.54 Å². The van der Waals surface area contributed by atoms with Crippen LogP contribution in [0.25, 0.3) is 0 Å². The molecular weight excluding hydrogens is 333 g/mol. The first kappa shape index (κ1) is 15.5. The molecule has 0 aliphatic heterocycles. The van der Waals surface area contributed by atoms with Gasteiger partial charge in [-0.3, -0.25) is 4.98 Å². The number of nitrogens with one attached hydrogen (secondary N) is 2. The number of benzene rings is 1. The van der Waals surface area contributed by atoms with E-state index in [0.717, 1.165) is 5.56 Å². The zero-order valence-electron chi connectivity index (χ0n) is 12.0. The Morgan fingerprint density at radius 1 is 1.04 bits per heavy atom. The van der Waals surface area contributed by atoms with Gasteiger partial charge in [0.25, 0.3) is 0 Å². The number of nitrogens with zero attached hydrogens (tertiary/aromatic N) is 3. The quantitative estimate of drug-likeness (QED) is 0.710. The lowest BCUT2D eigenvalue weighted by Crippen LogP contribution is -2.05. The van der Waals surface area contributed by atoms with E-state index in [1.807, 2.05) is 12.1 Å². The summed E-state index contributed by atoms with van der Waals surface area (Å²) in [5, 5.41) is 7.45. The Bertz CT molecular complexity index is 795.